The largest absolute Gasteiger partial charge is 0.381 e. The highest BCUT2D eigenvalue weighted by atomic mass is 16.5. The van der Waals surface area contributed by atoms with E-state index < -0.39 is 0 Å². The van der Waals surface area contributed by atoms with Gasteiger partial charge in [-0.1, -0.05) is 38.6 Å². The number of anilines is 1. The Morgan fingerprint density at radius 2 is 1.95 bits per heavy atom. The third-order valence-electron chi connectivity index (χ3n) is 7.76. The number of amides is 1. The number of Topliss-reactive ketones (excluding diaryl/α,β-unsaturated/α-hetero) is 1. The van der Waals surface area contributed by atoms with Crippen molar-refractivity contribution in [1.29, 1.82) is 0 Å². The number of allylic oxidation sites excluding steroid dienone is 3. The van der Waals surface area contributed by atoms with Crippen molar-refractivity contribution in [1.82, 2.24) is 5.32 Å². The van der Waals surface area contributed by atoms with Gasteiger partial charge in [0.05, 0.1) is 0 Å². The third-order valence-corrected chi connectivity index (χ3v) is 7.76. The summed E-state index contributed by atoms with van der Waals surface area (Å²) in [4.78, 5) is 32.0. The Balaban J connectivity index is 1.65. The number of ether oxygens (including phenoxy) is 1. The molecule has 4 rings (SSSR count). The Kier molecular flexibility index (Phi) is 8.41. The minimum Gasteiger partial charge on any atom is -0.381 e. The fourth-order valence-corrected chi connectivity index (χ4v) is 5.32. The summed E-state index contributed by atoms with van der Waals surface area (Å²) < 4.78 is 5.71. The van der Waals surface area contributed by atoms with Crippen molar-refractivity contribution in [3.05, 3.63) is 58.7 Å². The van der Waals surface area contributed by atoms with E-state index in [1.807, 2.05) is 6.07 Å². The van der Waals surface area contributed by atoms with Gasteiger partial charge in [-0.15, -0.1) is 4.99 Å². The van der Waals surface area contributed by atoms with Crippen LogP contribution in [-0.4, -0.2) is 37.2 Å². The van der Waals surface area contributed by atoms with Gasteiger partial charge in [0, 0.05) is 42.8 Å². The van der Waals surface area contributed by atoms with Crippen molar-refractivity contribution in [2.75, 3.05) is 25.1 Å². The zero-order chi connectivity index (χ0) is 26.5. The van der Waals surface area contributed by atoms with E-state index >= 15 is 0 Å². The van der Waals surface area contributed by atoms with E-state index in [1.54, 1.807) is 13.0 Å². The van der Waals surface area contributed by atoms with E-state index in [4.69, 9.17) is 11.3 Å². The van der Waals surface area contributed by atoms with Crippen LogP contribution in [0, 0.1) is 12.0 Å². The predicted molar refractivity (Wildman–Crippen MR) is 147 cm³/mol. The van der Waals surface area contributed by atoms with Gasteiger partial charge in [0.25, 0.3) is 11.7 Å². The average Bonchev–Trinajstić information content (AvgIpc) is 3.37. The highest BCUT2D eigenvalue weighted by Crippen LogP contribution is 2.42. The quantitative estimate of drug-likeness (QED) is 0.331. The van der Waals surface area contributed by atoms with Gasteiger partial charge in [-0.25, -0.2) is 0 Å². The number of carbonyl (C=O) groups is 2. The summed E-state index contributed by atoms with van der Waals surface area (Å²) in [7, 11) is 0. The molecule has 2 N–H and O–H groups in total. The van der Waals surface area contributed by atoms with Gasteiger partial charge >= 0.3 is 0 Å². The van der Waals surface area contributed by atoms with Crippen molar-refractivity contribution >= 4 is 28.7 Å². The highest BCUT2D eigenvalue weighted by molar-refractivity contribution is 6.44. The lowest BCUT2D eigenvalue weighted by Gasteiger charge is -2.39. The number of aliphatic imine (C=N–C) groups is 1. The molecule has 2 aliphatic heterocycles. The predicted octanol–water partition coefficient (Wildman–Crippen LogP) is 5.79. The van der Waals surface area contributed by atoms with Crippen LogP contribution in [0.4, 0.5) is 5.69 Å². The summed E-state index contributed by atoms with van der Waals surface area (Å²) in [6.07, 6.45) is 10.5. The maximum absolute atomic E-state index is 13.0. The molecule has 2 heterocycles. The summed E-state index contributed by atoms with van der Waals surface area (Å²) >= 11 is 0. The van der Waals surface area contributed by atoms with Gasteiger partial charge in [0.2, 0.25) is 0 Å². The molecule has 0 unspecified atom stereocenters. The summed E-state index contributed by atoms with van der Waals surface area (Å²) in [5.41, 5.74) is 4.67. The normalized spacial score (nSPS) is 20.3. The van der Waals surface area contributed by atoms with E-state index in [1.165, 1.54) is 11.1 Å². The molecule has 1 fully saturated rings. The number of rotatable bonds is 9. The number of nitrogens with one attached hydrogen (secondary N) is 2. The minimum absolute atomic E-state index is 0.211. The van der Waals surface area contributed by atoms with Crippen molar-refractivity contribution in [3.63, 3.8) is 0 Å². The van der Waals surface area contributed by atoms with Crippen LogP contribution in [0.25, 0.3) is 10.4 Å². The molecule has 1 aromatic carbocycles. The highest BCUT2D eigenvalue weighted by Gasteiger charge is 2.35. The number of ketones is 1. The number of hydrogen-bond acceptors (Lipinski definition) is 5. The molecule has 37 heavy (non-hydrogen) atoms. The van der Waals surface area contributed by atoms with Gasteiger partial charge < -0.3 is 25.0 Å². The minimum atomic E-state index is -0.260. The number of benzene rings is 1. The van der Waals surface area contributed by atoms with Gasteiger partial charge in [0.1, 0.15) is 5.78 Å². The lowest BCUT2D eigenvalue weighted by molar-refractivity contribution is -0.117. The summed E-state index contributed by atoms with van der Waals surface area (Å²) in [6.45, 7) is 15.5. The first-order valence-electron chi connectivity index (χ1n) is 13.3. The molecule has 3 aliphatic rings. The SMILES string of the molecule is [C-]#[N+]C1=CCC(C(=O)Nc2ccc(C3(NCCCC(C)=O)CCOCC3)cc2C2=CCC(C)(C)CC2)=N1. The lowest BCUT2D eigenvalue weighted by atomic mass is 9.75. The Labute approximate surface area is 220 Å². The van der Waals surface area contributed by atoms with Gasteiger partial charge in [0.15, 0.2) is 5.71 Å². The molecule has 0 radical (unpaired) electrons. The average molecular weight is 503 g/mol. The first kappa shape index (κ1) is 27.0. The molecule has 7 nitrogen and oxygen atoms in total. The summed E-state index contributed by atoms with van der Waals surface area (Å²) in [6, 6.07) is 6.35. The number of hydrogen-bond donors (Lipinski definition) is 2. The van der Waals surface area contributed by atoms with Gasteiger partial charge in [-0.05, 0) is 80.7 Å². The number of carbonyl (C=O) groups excluding carboxylic acids is 2. The maximum atomic E-state index is 13.0. The van der Waals surface area contributed by atoms with E-state index in [0.29, 0.717) is 31.8 Å². The topological polar surface area (TPSA) is 84.2 Å². The van der Waals surface area contributed by atoms with E-state index in [0.717, 1.165) is 56.3 Å². The molecule has 1 aliphatic carbocycles. The van der Waals surface area contributed by atoms with Crippen LogP contribution in [0.2, 0.25) is 0 Å². The Bertz CT molecular complexity index is 1180. The van der Waals surface area contributed by atoms with Crippen LogP contribution in [0.5, 0.6) is 0 Å². The van der Waals surface area contributed by atoms with Gasteiger partial charge in [-0.2, -0.15) is 0 Å². The molecule has 0 spiro atoms. The summed E-state index contributed by atoms with van der Waals surface area (Å²) in [5, 5.41) is 6.87. The zero-order valence-corrected chi connectivity index (χ0v) is 22.3. The fraction of sp³-hybridized carbons (Fsp3) is 0.533. The lowest BCUT2D eigenvalue weighted by Crippen LogP contribution is -2.47. The molecule has 7 heteroatoms. The van der Waals surface area contributed by atoms with Crippen molar-refractivity contribution in [3.8, 4) is 0 Å². The van der Waals surface area contributed by atoms with Crippen molar-refractivity contribution in [2.45, 2.75) is 77.7 Å². The molecular formula is C30H38N4O3. The molecule has 196 valence electrons. The molecule has 0 saturated carbocycles. The van der Waals surface area contributed by atoms with Crippen LogP contribution in [0.1, 0.15) is 83.3 Å². The molecule has 1 saturated heterocycles. The van der Waals surface area contributed by atoms with Crippen LogP contribution >= 0.6 is 0 Å². The monoisotopic (exact) mass is 502 g/mol. The maximum Gasteiger partial charge on any atom is 0.293 e. The van der Waals surface area contributed by atoms with Crippen LogP contribution in [-0.2, 0) is 19.9 Å². The zero-order valence-electron chi connectivity index (χ0n) is 22.3. The van der Waals surface area contributed by atoms with Gasteiger partial charge in [-0.3, -0.25) is 4.79 Å². The molecule has 1 aromatic rings. The summed E-state index contributed by atoms with van der Waals surface area (Å²) in [5.74, 6) is 0.224. The third kappa shape index (κ3) is 6.63. The Morgan fingerprint density at radius 1 is 1.16 bits per heavy atom. The first-order valence-corrected chi connectivity index (χ1v) is 13.3. The van der Waals surface area contributed by atoms with Crippen LogP contribution in [0.3, 0.4) is 0 Å². The first-order chi connectivity index (χ1) is 17.7. The van der Waals surface area contributed by atoms with Crippen LogP contribution in [0.15, 0.2) is 41.2 Å². The van der Waals surface area contributed by atoms with Crippen LogP contribution < -0.4 is 10.6 Å². The second-order valence-corrected chi connectivity index (χ2v) is 11.2. The molecular weight excluding hydrogens is 464 g/mol. The van der Waals surface area contributed by atoms with E-state index in [-0.39, 0.29) is 28.5 Å². The fourth-order valence-electron chi connectivity index (χ4n) is 5.32. The van der Waals surface area contributed by atoms with E-state index in [9.17, 15) is 9.59 Å². The van der Waals surface area contributed by atoms with Crippen molar-refractivity contribution < 1.29 is 14.3 Å². The van der Waals surface area contributed by atoms with E-state index in [2.05, 4.69) is 52.5 Å². The molecule has 0 aromatic heterocycles. The Morgan fingerprint density at radius 3 is 2.59 bits per heavy atom. The smallest absolute Gasteiger partial charge is 0.293 e. The second-order valence-electron chi connectivity index (χ2n) is 11.2. The second kappa shape index (κ2) is 11.5. The Hall–Kier alpha value is -3.08. The molecule has 0 atom stereocenters. The number of nitrogens with zero attached hydrogens (tertiary/aromatic N) is 2. The standard InChI is InChI=1S/C30H38N4O3/c1-21(35)6-5-17-32-30(15-18-37-19-16-30)23-7-8-25(34-28(36)26-9-10-27(31-4)33-26)24(20-23)22-11-13-29(2,3)14-12-22/h7-8,10-11,20,32H,5-6,9,12-19H2,1-3H3,(H,34,36). The molecule has 1 amide bonds. The molecule has 0 bridgehead atoms. The van der Waals surface area contributed by atoms with Crippen molar-refractivity contribution in [2.24, 2.45) is 10.4 Å².